The topological polar surface area (TPSA) is 38.7 Å². The molecule has 0 saturated carbocycles. The van der Waals surface area contributed by atoms with E-state index in [9.17, 15) is 5.11 Å². The van der Waals surface area contributed by atoms with Gasteiger partial charge in [-0.3, -0.25) is 0 Å². The van der Waals surface area contributed by atoms with Crippen LogP contribution in [0.1, 0.15) is 57.8 Å². The molecule has 1 aromatic carbocycles. The summed E-state index contributed by atoms with van der Waals surface area (Å²) in [6.45, 7) is 4.00. The standard InChI is InChI=1S/C17H26O3/c1-3-15-12-16(11-7-8-13(2)18)20-17(19-15)14-9-5-4-6-10-14/h4-6,9-10,13,15-18H,3,7-8,11-12H2,1-2H3. The van der Waals surface area contributed by atoms with Gasteiger partial charge in [-0.05, 0) is 32.6 Å². The van der Waals surface area contributed by atoms with E-state index in [-0.39, 0.29) is 24.6 Å². The lowest BCUT2D eigenvalue weighted by Gasteiger charge is -2.36. The van der Waals surface area contributed by atoms with Crippen LogP contribution in [0.5, 0.6) is 0 Å². The third-order valence-corrected chi connectivity index (χ3v) is 3.83. The lowest BCUT2D eigenvalue weighted by molar-refractivity contribution is -0.249. The van der Waals surface area contributed by atoms with Crippen LogP contribution in [-0.2, 0) is 9.47 Å². The van der Waals surface area contributed by atoms with Gasteiger partial charge in [0, 0.05) is 12.0 Å². The first kappa shape index (κ1) is 15.5. The molecule has 1 aliphatic rings. The Bertz CT molecular complexity index is 377. The van der Waals surface area contributed by atoms with Crippen LogP contribution in [0.4, 0.5) is 0 Å². The summed E-state index contributed by atoms with van der Waals surface area (Å²) in [6, 6.07) is 10.1. The molecular formula is C17H26O3. The van der Waals surface area contributed by atoms with Crippen molar-refractivity contribution in [1.29, 1.82) is 0 Å². The molecular weight excluding hydrogens is 252 g/mol. The molecule has 1 saturated heterocycles. The summed E-state index contributed by atoms with van der Waals surface area (Å²) in [5.74, 6) is 0. The van der Waals surface area contributed by atoms with Crippen molar-refractivity contribution < 1.29 is 14.6 Å². The Balaban J connectivity index is 1.93. The summed E-state index contributed by atoms with van der Waals surface area (Å²) < 4.78 is 12.1. The SMILES string of the molecule is CCC1CC(CCCC(C)O)OC(c2ccccc2)O1. The fourth-order valence-electron chi connectivity index (χ4n) is 2.64. The highest BCUT2D eigenvalue weighted by molar-refractivity contribution is 5.16. The second kappa shape index (κ2) is 7.77. The lowest BCUT2D eigenvalue weighted by Crippen LogP contribution is -2.33. The number of ether oxygens (including phenoxy) is 2. The maximum absolute atomic E-state index is 9.34. The van der Waals surface area contributed by atoms with E-state index in [1.807, 2.05) is 25.1 Å². The Labute approximate surface area is 121 Å². The summed E-state index contributed by atoms with van der Waals surface area (Å²) in [5.41, 5.74) is 1.09. The molecule has 2 rings (SSSR count). The molecule has 1 heterocycles. The van der Waals surface area contributed by atoms with E-state index in [2.05, 4.69) is 19.1 Å². The van der Waals surface area contributed by atoms with Gasteiger partial charge >= 0.3 is 0 Å². The molecule has 20 heavy (non-hydrogen) atoms. The van der Waals surface area contributed by atoms with Crippen molar-refractivity contribution in [1.82, 2.24) is 0 Å². The summed E-state index contributed by atoms with van der Waals surface area (Å²) in [6.07, 6.45) is 4.84. The van der Waals surface area contributed by atoms with Gasteiger partial charge in [0.15, 0.2) is 6.29 Å². The minimum atomic E-state index is -0.244. The average Bonchev–Trinajstić information content (AvgIpc) is 2.47. The Morgan fingerprint density at radius 1 is 1.20 bits per heavy atom. The minimum Gasteiger partial charge on any atom is -0.393 e. The largest absolute Gasteiger partial charge is 0.393 e. The Kier molecular flexibility index (Phi) is 6.02. The molecule has 1 aromatic rings. The van der Waals surface area contributed by atoms with E-state index in [1.54, 1.807) is 0 Å². The van der Waals surface area contributed by atoms with Gasteiger partial charge in [0.1, 0.15) is 0 Å². The van der Waals surface area contributed by atoms with Crippen LogP contribution in [-0.4, -0.2) is 23.4 Å². The molecule has 1 fully saturated rings. The van der Waals surface area contributed by atoms with E-state index in [1.165, 1.54) is 0 Å². The number of hydrogen-bond acceptors (Lipinski definition) is 3. The predicted octanol–water partition coefficient (Wildman–Crippen LogP) is 3.82. The molecule has 0 spiro atoms. The molecule has 1 aliphatic heterocycles. The molecule has 112 valence electrons. The normalized spacial score (nSPS) is 28.2. The smallest absolute Gasteiger partial charge is 0.184 e. The predicted molar refractivity (Wildman–Crippen MR) is 79.4 cm³/mol. The van der Waals surface area contributed by atoms with Crippen LogP contribution in [0.15, 0.2) is 30.3 Å². The lowest BCUT2D eigenvalue weighted by atomic mass is 10.0. The highest BCUT2D eigenvalue weighted by Crippen LogP contribution is 2.32. The molecule has 3 heteroatoms. The van der Waals surface area contributed by atoms with E-state index in [0.717, 1.165) is 37.7 Å². The van der Waals surface area contributed by atoms with Gasteiger partial charge in [-0.15, -0.1) is 0 Å². The van der Waals surface area contributed by atoms with Crippen molar-refractivity contribution in [3.05, 3.63) is 35.9 Å². The van der Waals surface area contributed by atoms with Crippen LogP contribution in [0.2, 0.25) is 0 Å². The fraction of sp³-hybridized carbons (Fsp3) is 0.647. The van der Waals surface area contributed by atoms with Crippen molar-refractivity contribution in [3.63, 3.8) is 0 Å². The average molecular weight is 278 g/mol. The molecule has 0 amide bonds. The summed E-state index contributed by atoms with van der Waals surface area (Å²) in [7, 11) is 0. The zero-order valence-electron chi connectivity index (χ0n) is 12.5. The maximum atomic E-state index is 9.34. The van der Waals surface area contributed by atoms with E-state index in [4.69, 9.17) is 9.47 Å². The first-order valence-corrected chi connectivity index (χ1v) is 7.73. The number of rotatable bonds is 6. The van der Waals surface area contributed by atoms with Crippen LogP contribution >= 0.6 is 0 Å². The Morgan fingerprint density at radius 3 is 2.55 bits per heavy atom. The molecule has 0 aromatic heterocycles. The molecule has 0 radical (unpaired) electrons. The number of benzene rings is 1. The summed E-state index contributed by atoms with van der Waals surface area (Å²) in [5, 5.41) is 9.34. The minimum absolute atomic E-state index is 0.221. The number of hydrogen-bond donors (Lipinski definition) is 1. The first-order chi connectivity index (χ1) is 9.69. The highest BCUT2D eigenvalue weighted by atomic mass is 16.7. The van der Waals surface area contributed by atoms with Crippen LogP contribution in [0.25, 0.3) is 0 Å². The van der Waals surface area contributed by atoms with Gasteiger partial charge in [-0.25, -0.2) is 0 Å². The van der Waals surface area contributed by atoms with Gasteiger partial charge in [0.2, 0.25) is 0 Å². The fourth-order valence-corrected chi connectivity index (χ4v) is 2.64. The zero-order valence-corrected chi connectivity index (χ0v) is 12.5. The molecule has 4 atom stereocenters. The Morgan fingerprint density at radius 2 is 1.90 bits per heavy atom. The quantitative estimate of drug-likeness (QED) is 0.859. The molecule has 4 unspecified atom stereocenters. The third-order valence-electron chi connectivity index (χ3n) is 3.83. The van der Waals surface area contributed by atoms with Crippen LogP contribution < -0.4 is 0 Å². The van der Waals surface area contributed by atoms with Gasteiger partial charge in [-0.1, -0.05) is 37.3 Å². The Hall–Kier alpha value is -0.900. The van der Waals surface area contributed by atoms with E-state index >= 15 is 0 Å². The molecule has 3 nitrogen and oxygen atoms in total. The first-order valence-electron chi connectivity index (χ1n) is 7.73. The molecule has 0 aliphatic carbocycles. The molecule has 1 N–H and O–H groups in total. The number of aliphatic hydroxyl groups is 1. The van der Waals surface area contributed by atoms with Crippen LogP contribution in [0, 0.1) is 0 Å². The van der Waals surface area contributed by atoms with Crippen molar-refractivity contribution in [2.45, 2.75) is 70.6 Å². The van der Waals surface area contributed by atoms with E-state index in [0.29, 0.717) is 0 Å². The zero-order chi connectivity index (χ0) is 14.4. The van der Waals surface area contributed by atoms with Gasteiger partial charge < -0.3 is 14.6 Å². The second-order valence-electron chi connectivity index (χ2n) is 5.68. The van der Waals surface area contributed by atoms with Crippen molar-refractivity contribution in [2.75, 3.05) is 0 Å². The number of aliphatic hydroxyl groups excluding tert-OH is 1. The summed E-state index contributed by atoms with van der Waals surface area (Å²) in [4.78, 5) is 0. The second-order valence-corrected chi connectivity index (χ2v) is 5.68. The van der Waals surface area contributed by atoms with Gasteiger partial charge in [0.05, 0.1) is 18.3 Å². The monoisotopic (exact) mass is 278 g/mol. The van der Waals surface area contributed by atoms with Crippen molar-refractivity contribution in [2.24, 2.45) is 0 Å². The van der Waals surface area contributed by atoms with Gasteiger partial charge in [-0.2, -0.15) is 0 Å². The van der Waals surface area contributed by atoms with Crippen molar-refractivity contribution >= 4 is 0 Å². The van der Waals surface area contributed by atoms with Crippen molar-refractivity contribution in [3.8, 4) is 0 Å². The van der Waals surface area contributed by atoms with Crippen LogP contribution in [0.3, 0.4) is 0 Å². The highest BCUT2D eigenvalue weighted by Gasteiger charge is 2.29. The molecule has 0 bridgehead atoms. The third kappa shape index (κ3) is 4.58. The summed E-state index contributed by atoms with van der Waals surface area (Å²) >= 11 is 0. The maximum Gasteiger partial charge on any atom is 0.184 e. The van der Waals surface area contributed by atoms with E-state index < -0.39 is 0 Å². The van der Waals surface area contributed by atoms with Gasteiger partial charge in [0.25, 0.3) is 0 Å².